The molecule has 98 valence electrons. The van der Waals surface area contributed by atoms with E-state index in [-0.39, 0.29) is 6.61 Å². The Morgan fingerprint density at radius 3 is 3.16 bits per heavy atom. The van der Waals surface area contributed by atoms with Gasteiger partial charge < -0.3 is 10.8 Å². The van der Waals surface area contributed by atoms with E-state index in [2.05, 4.69) is 20.3 Å². The van der Waals surface area contributed by atoms with Crippen LogP contribution in [0.1, 0.15) is 0 Å². The Kier molecular flexibility index (Phi) is 2.64. The van der Waals surface area contributed by atoms with Gasteiger partial charge in [-0.1, -0.05) is 4.98 Å². The molecule has 4 N–H and O–H groups in total. The number of nitrogens with zero attached hydrogens (tertiary/aromatic N) is 5. The van der Waals surface area contributed by atoms with E-state index in [1.807, 2.05) is 13.2 Å². The van der Waals surface area contributed by atoms with Gasteiger partial charge in [0.15, 0.2) is 0 Å². The number of fused-ring (bicyclic) bond motifs is 1. The first-order valence-corrected chi connectivity index (χ1v) is 5.82. The molecule has 0 aliphatic carbocycles. The van der Waals surface area contributed by atoms with Crippen LogP contribution in [-0.2, 0) is 13.6 Å². The van der Waals surface area contributed by atoms with E-state index in [9.17, 15) is 0 Å². The molecule has 3 rings (SSSR count). The number of hydrogen-bond acceptors (Lipinski definition) is 5. The van der Waals surface area contributed by atoms with Crippen LogP contribution in [0.2, 0.25) is 0 Å². The van der Waals surface area contributed by atoms with E-state index in [1.165, 1.54) is 0 Å². The molecule has 0 atom stereocenters. The van der Waals surface area contributed by atoms with Crippen molar-refractivity contribution in [2.75, 3.05) is 12.3 Å². The van der Waals surface area contributed by atoms with E-state index < -0.39 is 0 Å². The van der Waals surface area contributed by atoms with Crippen LogP contribution in [0.5, 0.6) is 0 Å². The molecule has 0 amide bonds. The summed E-state index contributed by atoms with van der Waals surface area (Å²) < 4.78 is 3.39. The number of nitrogens with one attached hydrogen (secondary N) is 1. The van der Waals surface area contributed by atoms with Crippen LogP contribution in [0.3, 0.4) is 0 Å². The van der Waals surface area contributed by atoms with Crippen molar-refractivity contribution in [3.05, 3.63) is 18.7 Å². The van der Waals surface area contributed by atoms with Crippen LogP contribution in [0.15, 0.2) is 18.7 Å². The SMILES string of the molecule is C[n+]1cnc2[nH]nc(-c3cnn(CCO)c3)c2c1N. The quantitative estimate of drug-likeness (QED) is 0.535. The largest absolute Gasteiger partial charge is 0.394 e. The van der Waals surface area contributed by atoms with Crippen LogP contribution in [0, 0.1) is 0 Å². The minimum Gasteiger partial charge on any atom is -0.394 e. The minimum absolute atomic E-state index is 0.0427. The highest BCUT2D eigenvalue weighted by atomic mass is 16.3. The zero-order chi connectivity index (χ0) is 13.4. The van der Waals surface area contributed by atoms with Gasteiger partial charge in [-0.15, -0.1) is 0 Å². The summed E-state index contributed by atoms with van der Waals surface area (Å²) in [5.41, 5.74) is 8.24. The van der Waals surface area contributed by atoms with Crippen molar-refractivity contribution in [3.8, 4) is 11.3 Å². The van der Waals surface area contributed by atoms with Gasteiger partial charge in [0.05, 0.1) is 26.4 Å². The lowest BCUT2D eigenvalue weighted by molar-refractivity contribution is -0.658. The Bertz CT molecular complexity index is 730. The Hall–Kier alpha value is -2.48. The average molecular weight is 260 g/mol. The van der Waals surface area contributed by atoms with Crippen molar-refractivity contribution in [1.29, 1.82) is 0 Å². The molecule has 0 saturated carbocycles. The van der Waals surface area contributed by atoms with Crippen LogP contribution in [-0.4, -0.2) is 36.7 Å². The number of nitrogen functional groups attached to an aromatic ring is 1. The summed E-state index contributed by atoms with van der Waals surface area (Å²) in [5.74, 6) is 0.587. The standard InChI is InChI=1S/C11H13N7O/c1-17-6-13-11-8(10(17)12)9(15-16-11)7-4-14-18(5-7)2-3-19/h4-6,19H,2-3H2,1H3,(H2,12,15,16)/p+1. The Morgan fingerprint density at radius 1 is 1.53 bits per heavy atom. The third-order valence-corrected chi connectivity index (χ3v) is 2.98. The minimum atomic E-state index is 0.0427. The maximum Gasteiger partial charge on any atom is 0.239 e. The molecule has 8 nitrogen and oxygen atoms in total. The van der Waals surface area contributed by atoms with Gasteiger partial charge in [0, 0.05) is 11.8 Å². The fourth-order valence-electron chi connectivity index (χ4n) is 1.97. The first-order chi connectivity index (χ1) is 9.20. The average Bonchev–Trinajstić information content (AvgIpc) is 3.00. The second-order valence-electron chi connectivity index (χ2n) is 4.25. The van der Waals surface area contributed by atoms with Gasteiger partial charge in [0.1, 0.15) is 11.1 Å². The van der Waals surface area contributed by atoms with Gasteiger partial charge in [-0.2, -0.15) is 10.2 Å². The molecule has 0 aliphatic rings. The molecule has 0 fully saturated rings. The van der Waals surface area contributed by atoms with Gasteiger partial charge in [0.25, 0.3) is 0 Å². The first-order valence-electron chi connectivity index (χ1n) is 5.82. The molecular formula is C11H14N7O+. The van der Waals surface area contributed by atoms with Crippen molar-refractivity contribution >= 4 is 16.9 Å². The zero-order valence-electron chi connectivity index (χ0n) is 10.4. The summed E-state index contributed by atoms with van der Waals surface area (Å²) in [6, 6.07) is 0. The number of nitrogens with two attached hydrogens (primary N) is 1. The number of aliphatic hydroxyl groups excluding tert-OH is 1. The van der Waals surface area contributed by atoms with Gasteiger partial charge in [-0.05, 0) is 0 Å². The molecule has 0 aromatic carbocycles. The van der Waals surface area contributed by atoms with E-state index in [0.717, 1.165) is 10.9 Å². The molecule has 0 unspecified atom stereocenters. The summed E-state index contributed by atoms with van der Waals surface area (Å²) >= 11 is 0. The summed E-state index contributed by atoms with van der Waals surface area (Å²) in [4.78, 5) is 4.23. The van der Waals surface area contributed by atoms with Gasteiger partial charge in [0.2, 0.25) is 17.8 Å². The molecule has 3 heterocycles. The summed E-state index contributed by atoms with van der Waals surface area (Å²) in [7, 11) is 1.83. The van der Waals surface area contributed by atoms with Crippen molar-refractivity contribution in [1.82, 2.24) is 25.0 Å². The maximum atomic E-state index is 8.90. The third-order valence-electron chi connectivity index (χ3n) is 2.98. The molecule has 3 aromatic rings. The number of H-pyrrole nitrogens is 1. The van der Waals surface area contributed by atoms with Crippen LogP contribution < -0.4 is 10.3 Å². The monoisotopic (exact) mass is 260 g/mol. The van der Waals surface area contributed by atoms with Gasteiger partial charge >= 0.3 is 0 Å². The highest BCUT2D eigenvalue weighted by Crippen LogP contribution is 2.27. The molecular weight excluding hydrogens is 246 g/mol. The van der Waals surface area contributed by atoms with Crippen LogP contribution >= 0.6 is 0 Å². The van der Waals surface area contributed by atoms with Crippen LogP contribution in [0.4, 0.5) is 5.82 Å². The molecule has 19 heavy (non-hydrogen) atoms. The Labute approximate surface area is 108 Å². The number of aryl methyl sites for hydroxylation is 1. The third kappa shape index (κ3) is 1.82. The van der Waals surface area contributed by atoms with E-state index >= 15 is 0 Å². The zero-order valence-corrected chi connectivity index (χ0v) is 10.4. The molecule has 0 spiro atoms. The fraction of sp³-hybridized carbons (Fsp3) is 0.273. The van der Waals surface area contributed by atoms with Gasteiger partial charge in [-0.3, -0.25) is 4.68 Å². The number of anilines is 1. The highest BCUT2D eigenvalue weighted by molar-refractivity contribution is 5.96. The lowest BCUT2D eigenvalue weighted by Gasteiger charge is -1.97. The Morgan fingerprint density at radius 2 is 2.37 bits per heavy atom. The second-order valence-corrected chi connectivity index (χ2v) is 4.25. The van der Waals surface area contributed by atoms with Crippen molar-refractivity contribution < 1.29 is 9.67 Å². The van der Waals surface area contributed by atoms with Crippen molar-refractivity contribution in [2.24, 2.45) is 7.05 Å². The summed E-state index contributed by atoms with van der Waals surface area (Å²) in [6.07, 6.45) is 5.14. The van der Waals surface area contributed by atoms with Gasteiger partial charge in [-0.25, -0.2) is 9.67 Å². The first kappa shape index (κ1) is 11.6. The predicted octanol–water partition coefficient (Wildman–Crippen LogP) is -0.780. The smallest absolute Gasteiger partial charge is 0.239 e. The molecule has 0 aliphatic heterocycles. The summed E-state index contributed by atoms with van der Waals surface area (Å²) in [6.45, 7) is 0.491. The van der Waals surface area contributed by atoms with E-state index in [1.54, 1.807) is 21.8 Å². The van der Waals surface area contributed by atoms with E-state index in [4.69, 9.17) is 10.8 Å². The molecule has 0 radical (unpaired) electrons. The normalized spacial score (nSPS) is 11.3. The van der Waals surface area contributed by atoms with Crippen molar-refractivity contribution in [3.63, 3.8) is 0 Å². The topological polar surface area (TPSA) is 110 Å². The van der Waals surface area contributed by atoms with Crippen molar-refractivity contribution in [2.45, 2.75) is 6.54 Å². The van der Waals surface area contributed by atoms with Crippen LogP contribution in [0.25, 0.3) is 22.3 Å². The Balaban J connectivity index is 2.16. The predicted molar refractivity (Wildman–Crippen MR) is 67.8 cm³/mol. The highest BCUT2D eigenvalue weighted by Gasteiger charge is 2.19. The molecule has 0 bridgehead atoms. The lowest BCUT2D eigenvalue weighted by Crippen LogP contribution is -2.32. The van der Waals surface area contributed by atoms with E-state index in [0.29, 0.717) is 23.7 Å². The summed E-state index contributed by atoms with van der Waals surface area (Å²) in [5, 5.41) is 20.9. The number of rotatable bonds is 3. The fourth-order valence-corrected chi connectivity index (χ4v) is 1.97. The number of aliphatic hydroxyl groups is 1. The molecule has 3 aromatic heterocycles. The number of hydrogen-bond donors (Lipinski definition) is 3. The number of aromatic amines is 1. The second kappa shape index (κ2) is 4.32. The lowest BCUT2D eigenvalue weighted by atomic mass is 10.2. The molecule has 0 saturated heterocycles. The maximum absolute atomic E-state index is 8.90. The number of aromatic nitrogens is 6. The molecule has 8 heteroatoms.